The van der Waals surface area contributed by atoms with Crippen molar-refractivity contribution in [3.8, 4) is 0 Å². The highest BCUT2D eigenvalue weighted by molar-refractivity contribution is 4.92. The van der Waals surface area contributed by atoms with Crippen LogP contribution in [0, 0.1) is 0 Å². The summed E-state index contributed by atoms with van der Waals surface area (Å²) in [5, 5.41) is 11.8. The van der Waals surface area contributed by atoms with E-state index in [2.05, 4.69) is 20.8 Å². The second-order valence-corrected chi connectivity index (χ2v) is 4.15. The van der Waals surface area contributed by atoms with Crippen LogP contribution in [0.1, 0.15) is 26.6 Å². The Kier molecular flexibility index (Phi) is 4.34. The van der Waals surface area contributed by atoms with Gasteiger partial charge in [0.25, 0.3) is 0 Å². The monoisotopic (exact) mass is 228 g/mol. The van der Waals surface area contributed by atoms with Crippen LogP contribution in [0.15, 0.2) is 0 Å². The van der Waals surface area contributed by atoms with Crippen LogP contribution in [-0.2, 0) is 18.2 Å². The van der Waals surface area contributed by atoms with Gasteiger partial charge < -0.3 is 4.74 Å². The standard InChI is InChI=1S/C9H20N6O/c1-5-16-9(2,3)7(11-10)6-8-12-14-15(4)13-8/h7,11H,5-6,10H2,1-4H3. The molecule has 16 heavy (non-hydrogen) atoms. The third-order valence-electron chi connectivity index (χ3n) is 2.49. The highest BCUT2D eigenvalue weighted by Crippen LogP contribution is 2.16. The van der Waals surface area contributed by atoms with Gasteiger partial charge in [-0.05, 0) is 26.0 Å². The maximum Gasteiger partial charge on any atom is 0.176 e. The average molecular weight is 228 g/mol. The Morgan fingerprint density at radius 1 is 1.56 bits per heavy atom. The van der Waals surface area contributed by atoms with Gasteiger partial charge in [-0.1, -0.05) is 0 Å². The molecule has 1 unspecified atom stereocenters. The molecule has 1 aromatic rings. The van der Waals surface area contributed by atoms with Gasteiger partial charge in [-0.2, -0.15) is 4.80 Å². The summed E-state index contributed by atoms with van der Waals surface area (Å²) in [5.74, 6) is 6.18. The summed E-state index contributed by atoms with van der Waals surface area (Å²) < 4.78 is 5.64. The Morgan fingerprint density at radius 2 is 2.25 bits per heavy atom. The molecule has 1 aromatic heterocycles. The highest BCUT2D eigenvalue weighted by atomic mass is 16.5. The second-order valence-electron chi connectivity index (χ2n) is 4.15. The Hall–Kier alpha value is -1.05. The van der Waals surface area contributed by atoms with E-state index < -0.39 is 0 Å². The minimum atomic E-state index is -0.372. The van der Waals surface area contributed by atoms with Crippen molar-refractivity contribution in [2.75, 3.05) is 6.61 Å². The molecule has 0 spiro atoms. The molecule has 0 radical (unpaired) electrons. The van der Waals surface area contributed by atoms with Gasteiger partial charge in [-0.3, -0.25) is 11.3 Å². The van der Waals surface area contributed by atoms with Crippen LogP contribution in [-0.4, -0.2) is 38.5 Å². The van der Waals surface area contributed by atoms with Crippen molar-refractivity contribution < 1.29 is 4.74 Å². The summed E-state index contributed by atoms with van der Waals surface area (Å²) in [7, 11) is 1.73. The molecule has 0 bridgehead atoms. The van der Waals surface area contributed by atoms with Crippen molar-refractivity contribution in [3.05, 3.63) is 5.82 Å². The zero-order valence-electron chi connectivity index (χ0n) is 10.3. The van der Waals surface area contributed by atoms with E-state index in [9.17, 15) is 0 Å². The number of nitrogens with zero attached hydrogens (tertiary/aromatic N) is 4. The fraction of sp³-hybridized carbons (Fsp3) is 0.889. The Labute approximate surface area is 95.3 Å². The van der Waals surface area contributed by atoms with E-state index in [1.165, 1.54) is 4.80 Å². The summed E-state index contributed by atoms with van der Waals surface area (Å²) in [5.41, 5.74) is 2.37. The first-order chi connectivity index (χ1) is 7.49. The molecule has 3 N–H and O–H groups in total. The summed E-state index contributed by atoms with van der Waals surface area (Å²) in [6.07, 6.45) is 0.581. The van der Waals surface area contributed by atoms with E-state index in [0.29, 0.717) is 18.9 Å². The van der Waals surface area contributed by atoms with Crippen LogP contribution >= 0.6 is 0 Å². The van der Waals surface area contributed by atoms with E-state index in [-0.39, 0.29) is 11.6 Å². The number of nitrogens with two attached hydrogens (primary N) is 1. The summed E-state index contributed by atoms with van der Waals surface area (Å²) in [6.45, 7) is 6.56. The van der Waals surface area contributed by atoms with E-state index in [1.807, 2.05) is 20.8 Å². The summed E-state index contributed by atoms with van der Waals surface area (Å²) in [6, 6.07) is -0.0587. The molecule has 0 amide bonds. The van der Waals surface area contributed by atoms with Gasteiger partial charge in [-0.15, -0.1) is 10.2 Å². The number of hydrazine groups is 1. The van der Waals surface area contributed by atoms with Crippen molar-refractivity contribution in [3.63, 3.8) is 0 Å². The zero-order chi connectivity index (χ0) is 12.2. The maximum atomic E-state index is 5.64. The lowest BCUT2D eigenvalue weighted by Crippen LogP contribution is -2.52. The van der Waals surface area contributed by atoms with E-state index in [0.717, 1.165) is 0 Å². The van der Waals surface area contributed by atoms with Crippen molar-refractivity contribution in [1.82, 2.24) is 25.6 Å². The van der Waals surface area contributed by atoms with Gasteiger partial charge in [0, 0.05) is 13.0 Å². The average Bonchev–Trinajstić information content (AvgIpc) is 2.60. The Balaban J connectivity index is 2.68. The number of nitrogens with one attached hydrogen (secondary N) is 1. The number of tetrazole rings is 1. The van der Waals surface area contributed by atoms with Gasteiger partial charge in [0.1, 0.15) is 0 Å². The predicted octanol–water partition coefficient (Wildman–Crippen LogP) is -0.600. The zero-order valence-corrected chi connectivity index (χ0v) is 10.3. The lowest BCUT2D eigenvalue weighted by atomic mass is 9.96. The number of hydrogen-bond donors (Lipinski definition) is 2. The molecule has 0 aliphatic carbocycles. The Morgan fingerprint density at radius 3 is 2.69 bits per heavy atom. The minimum absolute atomic E-state index is 0.0587. The topological polar surface area (TPSA) is 90.9 Å². The van der Waals surface area contributed by atoms with Gasteiger partial charge in [-0.25, -0.2) is 0 Å². The molecule has 92 valence electrons. The Bertz CT molecular complexity index is 324. The van der Waals surface area contributed by atoms with Crippen LogP contribution in [0.5, 0.6) is 0 Å². The molecule has 0 aliphatic rings. The van der Waals surface area contributed by atoms with Gasteiger partial charge in [0.2, 0.25) is 0 Å². The molecule has 0 saturated carbocycles. The smallest absolute Gasteiger partial charge is 0.176 e. The molecular weight excluding hydrogens is 208 g/mol. The molecule has 1 heterocycles. The molecule has 0 fully saturated rings. The van der Waals surface area contributed by atoms with Crippen LogP contribution in [0.4, 0.5) is 0 Å². The molecule has 0 aliphatic heterocycles. The van der Waals surface area contributed by atoms with E-state index in [1.54, 1.807) is 7.05 Å². The van der Waals surface area contributed by atoms with Crippen molar-refractivity contribution >= 4 is 0 Å². The largest absolute Gasteiger partial charge is 0.374 e. The number of ether oxygens (including phenoxy) is 1. The molecule has 0 saturated heterocycles. The van der Waals surface area contributed by atoms with Crippen molar-refractivity contribution in [2.45, 2.75) is 38.8 Å². The van der Waals surface area contributed by atoms with E-state index in [4.69, 9.17) is 10.6 Å². The molecule has 1 rings (SSSR count). The molecule has 1 atom stereocenters. The van der Waals surface area contributed by atoms with Gasteiger partial charge in [0.15, 0.2) is 5.82 Å². The van der Waals surface area contributed by atoms with Crippen molar-refractivity contribution in [2.24, 2.45) is 12.9 Å². The molecule has 7 heteroatoms. The highest BCUT2D eigenvalue weighted by Gasteiger charge is 2.30. The maximum absolute atomic E-state index is 5.64. The molecular formula is C9H20N6O. The SMILES string of the molecule is CCOC(C)(C)C(Cc1nnn(C)n1)NN. The number of rotatable bonds is 6. The van der Waals surface area contributed by atoms with Gasteiger partial charge >= 0.3 is 0 Å². The lowest BCUT2D eigenvalue weighted by molar-refractivity contribution is -0.0385. The fourth-order valence-corrected chi connectivity index (χ4v) is 1.57. The normalized spacial score (nSPS) is 14.1. The first kappa shape index (κ1) is 13.0. The molecule has 7 nitrogen and oxygen atoms in total. The quantitative estimate of drug-likeness (QED) is 0.499. The lowest BCUT2D eigenvalue weighted by Gasteiger charge is -2.32. The summed E-state index contributed by atoms with van der Waals surface area (Å²) >= 11 is 0. The number of aryl methyl sites for hydroxylation is 1. The second kappa shape index (κ2) is 5.33. The summed E-state index contributed by atoms with van der Waals surface area (Å²) in [4.78, 5) is 1.43. The first-order valence-electron chi connectivity index (χ1n) is 5.32. The van der Waals surface area contributed by atoms with Gasteiger partial charge in [0.05, 0.1) is 18.7 Å². The van der Waals surface area contributed by atoms with Crippen LogP contribution in [0.3, 0.4) is 0 Å². The predicted molar refractivity (Wildman–Crippen MR) is 59.3 cm³/mol. The number of aromatic nitrogens is 4. The minimum Gasteiger partial charge on any atom is -0.374 e. The van der Waals surface area contributed by atoms with Crippen molar-refractivity contribution in [1.29, 1.82) is 0 Å². The van der Waals surface area contributed by atoms with Crippen LogP contribution in [0.25, 0.3) is 0 Å². The third-order valence-corrected chi connectivity index (χ3v) is 2.49. The number of hydrogen-bond acceptors (Lipinski definition) is 6. The van der Waals surface area contributed by atoms with Crippen LogP contribution < -0.4 is 11.3 Å². The first-order valence-corrected chi connectivity index (χ1v) is 5.32. The van der Waals surface area contributed by atoms with E-state index >= 15 is 0 Å². The fourth-order valence-electron chi connectivity index (χ4n) is 1.57. The molecule has 0 aromatic carbocycles. The third kappa shape index (κ3) is 3.22. The van der Waals surface area contributed by atoms with Crippen LogP contribution in [0.2, 0.25) is 0 Å².